The Morgan fingerprint density at radius 2 is 2.05 bits per heavy atom. The molecule has 1 rings (SSSR count). The number of rotatable bonds is 5. The summed E-state index contributed by atoms with van der Waals surface area (Å²) >= 11 is 1.70. The topological polar surface area (TPSA) is 42.1 Å². The lowest BCUT2D eigenvalue weighted by Crippen LogP contribution is -2.30. The zero-order valence-corrected chi connectivity index (χ0v) is 12.0. The first-order valence-electron chi connectivity index (χ1n) is 5.82. The van der Waals surface area contributed by atoms with Gasteiger partial charge < -0.3 is 10.6 Å². The highest BCUT2D eigenvalue weighted by Gasteiger charge is 2.32. The molecule has 3 nitrogen and oxygen atoms in total. The first-order chi connectivity index (χ1) is 8.75. The summed E-state index contributed by atoms with van der Waals surface area (Å²) in [5.41, 5.74) is 4.69. The van der Waals surface area contributed by atoms with E-state index < -0.39 is 11.7 Å². The summed E-state index contributed by atoms with van der Waals surface area (Å²) in [6, 6.07) is 1.98. The van der Waals surface area contributed by atoms with Crippen LogP contribution in [-0.4, -0.2) is 30.1 Å². The van der Waals surface area contributed by atoms with Crippen molar-refractivity contribution in [3.63, 3.8) is 0 Å². The van der Waals surface area contributed by atoms with E-state index in [9.17, 15) is 13.2 Å². The van der Waals surface area contributed by atoms with Crippen LogP contribution in [0.1, 0.15) is 18.9 Å². The number of hydrogen-bond acceptors (Lipinski definition) is 4. The van der Waals surface area contributed by atoms with Crippen molar-refractivity contribution >= 4 is 23.4 Å². The molecule has 7 heteroatoms. The first kappa shape index (κ1) is 15.9. The Bertz CT molecular complexity index is 423. The van der Waals surface area contributed by atoms with Crippen LogP contribution in [0.2, 0.25) is 0 Å². The Hall–Kier alpha value is -1.11. The predicted octanol–water partition coefficient (Wildman–Crippen LogP) is 3.26. The smallest absolute Gasteiger partial charge is 0.384 e. The Labute approximate surface area is 115 Å². The molecule has 0 fully saturated rings. The molecule has 0 saturated heterocycles. The Morgan fingerprint density at radius 1 is 1.42 bits per heavy atom. The zero-order valence-electron chi connectivity index (χ0n) is 11.2. The summed E-state index contributed by atoms with van der Waals surface area (Å²) in [4.78, 5) is 5.70. The molecular formula is C12H18F3N3S. The fourth-order valence-corrected chi connectivity index (χ4v) is 2.17. The van der Waals surface area contributed by atoms with E-state index in [0.29, 0.717) is 0 Å². The molecule has 1 atom stereocenters. The monoisotopic (exact) mass is 293 g/mol. The van der Waals surface area contributed by atoms with Gasteiger partial charge in [-0.1, -0.05) is 0 Å². The number of nitrogens with two attached hydrogens (primary N) is 1. The van der Waals surface area contributed by atoms with Crippen molar-refractivity contribution in [1.82, 2.24) is 4.98 Å². The highest BCUT2D eigenvalue weighted by atomic mass is 32.2. The highest BCUT2D eigenvalue weighted by Crippen LogP contribution is 2.32. The molecule has 0 aliphatic heterocycles. The lowest BCUT2D eigenvalue weighted by atomic mass is 10.2. The van der Waals surface area contributed by atoms with Crippen molar-refractivity contribution < 1.29 is 13.2 Å². The average molecular weight is 293 g/mol. The van der Waals surface area contributed by atoms with E-state index in [-0.39, 0.29) is 17.7 Å². The van der Waals surface area contributed by atoms with Crippen molar-refractivity contribution in [3.8, 4) is 0 Å². The number of nitrogen functional groups attached to an aromatic ring is 1. The van der Waals surface area contributed by atoms with E-state index in [4.69, 9.17) is 5.73 Å². The maximum atomic E-state index is 12.7. The van der Waals surface area contributed by atoms with Gasteiger partial charge in [-0.05, 0) is 37.5 Å². The van der Waals surface area contributed by atoms with Crippen LogP contribution in [0.5, 0.6) is 0 Å². The van der Waals surface area contributed by atoms with Gasteiger partial charge in [0.05, 0.1) is 5.56 Å². The van der Waals surface area contributed by atoms with Crippen LogP contribution in [-0.2, 0) is 6.18 Å². The average Bonchev–Trinajstić information content (AvgIpc) is 2.33. The van der Waals surface area contributed by atoms with Gasteiger partial charge in [0.1, 0.15) is 11.6 Å². The highest BCUT2D eigenvalue weighted by molar-refractivity contribution is 7.98. The molecule has 19 heavy (non-hydrogen) atoms. The van der Waals surface area contributed by atoms with Crippen molar-refractivity contribution in [3.05, 3.63) is 17.7 Å². The van der Waals surface area contributed by atoms with Crippen LogP contribution in [0.3, 0.4) is 0 Å². The molecule has 0 amide bonds. The molecule has 0 aliphatic rings. The molecular weight excluding hydrogens is 275 g/mol. The van der Waals surface area contributed by atoms with Crippen molar-refractivity contribution in [2.24, 2.45) is 0 Å². The van der Waals surface area contributed by atoms with Crippen molar-refractivity contribution in [2.75, 3.05) is 29.7 Å². The maximum absolute atomic E-state index is 12.7. The lowest BCUT2D eigenvalue weighted by molar-refractivity contribution is -0.137. The fourth-order valence-electron chi connectivity index (χ4n) is 1.59. The van der Waals surface area contributed by atoms with Gasteiger partial charge in [-0.2, -0.15) is 24.9 Å². The third-order valence-corrected chi connectivity index (χ3v) is 3.57. The summed E-state index contributed by atoms with van der Waals surface area (Å²) in [6.45, 7) is 1.95. The molecule has 1 heterocycles. The maximum Gasteiger partial charge on any atom is 0.416 e. The number of anilines is 2. The summed E-state index contributed by atoms with van der Waals surface area (Å²) in [6.07, 6.45) is -1.54. The van der Waals surface area contributed by atoms with Crippen LogP contribution in [0.15, 0.2) is 12.1 Å². The lowest BCUT2D eigenvalue weighted by Gasteiger charge is -2.26. The summed E-state index contributed by atoms with van der Waals surface area (Å²) in [7, 11) is 1.73. The number of pyridine rings is 1. The third-order valence-electron chi connectivity index (χ3n) is 2.92. The quantitative estimate of drug-likeness (QED) is 0.905. The van der Waals surface area contributed by atoms with Gasteiger partial charge in [0.25, 0.3) is 0 Å². The number of aromatic nitrogens is 1. The standard InChI is InChI=1S/C12H18F3N3S/c1-8(4-5-19-3)18(2)11-7-9(12(13,14)15)6-10(16)17-11/h6-8H,4-5H2,1-3H3,(H2,16,17). The van der Waals surface area contributed by atoms with Crippen LogP contribution < -0.4 is 10.6 Å². The van der Waals surface area contributed by atoms with E-state index in [0.717, 1.165) is 24.3 Å². The van der Waals surface area contributed by atoms with Crippen molar-refractivity contribution in [1.29, 1.82) is 0 Å². The zero-order chi connectivity index (χ0) is 14.6. The summed E-state index contributed by atoms with van der Waals surface area (Å²) in [5, 5.41) is 0. The molecule has 0 radical (unpaired) electrons. The van der Waals surface area contributed by atoms with Gasteiger partial charge in [-0.15, -0.1) is 0 Å². The number of nitrogens with zero attached hydrogens (tertiary/aromatic N) is 2. The molecule has 1 aromatic rings. The first-order valence-corrected chi connectivity index (χ1v) is 7.21. The van der Waals surface area contributed by atoms with Gasteiger partial charge in [-0.25, -0.2) is 4.98 Å². The summed E-state index contributed by atoms with van der Waals surface area (Å²) < 4.78 is 38.1. The Morgan fingerprint density at radius 3 is 2.58 bits per heavy atom. The molecule has 108 valence electrons. The molecule has 0 aliphatic carbocycles. The van der Waals surface area contributed by atoms with E-state index in [1.54, 1.807) is 23.7 Å². The largest absolute Gasteiger partial charge is 0.416 e. The Kier molecular flexibility index (Phi) is 5.34. The Balaban J connectivity index is 2.97. The number of thioether (sulfide) groups is 1. The third kappa shape index (κ3) is 4.49. The van der Waals surface area contributed by atoms with E-state index in [2.05, 4.69) is 4.98 Å². The second kappa shape index (κ2) is 6.36. The van der Waals surface area contributed by atoms with Gasteiger partial charge in [0.2, 0.25) is 0 Å². The molecule has 0 spiro atoms. The normalized spacial score (nSPS) is 13.4. The molecule has 1 aromatic heterocycles. The van der Waals surface area contributed by atoms with Crippen LogP contribution in [0, 0.1) is 0 Å². The van der Waals surface area contributed by atoms with Gasteiger partial charge in [0.15, 0.2) is 0 Å². The SMILES string of the molecule is CSCCC(C)N(C)c1cc(C(F)(F)F)cc(N)n1. The minimum atomic E-state index is -4.41. The van der Waals surface area contributed by atoms with Crippen molar-refractivity contribution in [2.45, 2.75) is 25.6 Å². The van der Waals surface area contributed by atoms with Gasteiger partial charge >= 0.3 is 6.18 Å². The minimum absolute atomic E-state index is 0.0998. The predicted molar refractivity (Wildman–Crippen MR) is 74.5 cm³/mol. The van der Waals surface area contributed by atoms with Crippen LogP contribution in [0.4, 0.5) is 24.8 Å². The molecule has 0 saturated carbocycles. The minimum Gasteiger partial charge on any atom is -0.384 e. The molecule has 2 N–H and O–H groups in total. The molecule has 0 aromatic carbocycles. The number of halogens is 3. The second-order valence-electron chi connectivity index (χ2n) is 4.38. The van der Waals surface area contributed by atoms with Gasteiger partial charge in [-0.3, -0.25) is 0 Å². The number of alkyl halides is 3. The molecule has 1 unspecified atom stereocenters. The summed E-state index contributed by atoms with van der Waals surface area (Å²) in [5.74, 6) is 1.08. The molecule has 0 bridgehead atoms. The van der Waals surface area contributed by atoms with Crippen LogP contribution >= 0.6 is 11.8 Å². The van der Waals surface area contributed by atoms with E-state index in [1.807, 2.05) is 13.2 Å². The van der Waals surface area contributed by atoms with E-state index >= 15 is 0 Å². The number of hydrogen-bond donors (Lipinski definition) is 1. The van der Waals surface area contributed by atoms with Crippen LogP contribution in [0.25, 0.3) is 0 Å². The fraction of sp³-hybridized carbons (Fsp3) is 0.583. The van der Waals surface area contributed by atoms with E-state index in [1.165, 1.54) is 0 Å². The van der Waals surface area contributed by atoms with Gasteiger partial charge in [0, 0.05) is 13.1 Å². The second-order valence-corrected chi connectivity index (χ2v) is 5.36.